The maximum Gasteiger partial charge on any atom is 0.241 e. The van der Waals surface area contributed by atoms with Crippen LogP contribution < -0.4 is 18.9 Å². The van der Waals surface area contributed by atoms with Gasteiger partial charge < -0.3 is 18.7 Å². The van der Waals surface area contributed by atoms with Crippen LogP contribution in [-0.2, 0) is 16.6 Å². The summed E-state index contributed by atoms with van der Waals surface area (Å²) in [4.78, 5) is 1.57. The first-order chi connectivity index (χ1) is 13.8. The summed E-state index contributed by atoms with van der Waals surface area (Å²) in [6, 6.07) is 6.77. The van der Waals surface area contributed by atoms with Gasteiger partial charge in [-0.15, -0.1) is 11.3 Å². The average Bonchev–Trinajstić information content (AvgIpc) is 3.31. The summed E-state index contributed by atoms with van der Waals surface area (Å²) in [5, 5.41) is 3.85. The second kappa shape index (κ2) is 8.44. The van der Waals surface area contributed by atoms with Gasteiger partial charge in [-0.3, -0.25) is 0 Å². The van der Waals surface area contributed by atoms with Crippen molar-refractivity contribution < 1.29 is 27.2 Å². The largest absolute Gasteiger partial charge is 0.493 e. The topological polar surface area (TPSA) is 99.9 Å². The van der Waals surface area contributed by atoms with E-state index in [9.17, 15) is 8.42 Å². The first-order valence-corrected chi connectivity index (χ1v) is 10.9. The number of ether oxygens (including phenoxy) is 3. The van der Waals surface area contributed by atoms with Crippen molar-refractivity contribution in [3.05, 3.63) is 40.4 Å². The second-order valence-electron chi connectivity index (χ2n) is 6.22. The van der Waals surface area contributed by atoms with E-state index in [0.717, 1.165) is 5.69 Å². The van der Waals surface area contributed by atoms with Crippen LogP contribution in [-0.4, -0.2) is 34.9 Å². The molecule has 0 saturated carbocycles. The number of aryl methyl sites for hydroxylation is 2. The van der Waals surface area contributed by atoms with Gasteiger partial charge in [0.1, 0.15) is 0 Å². The maximum absolute atomic E-state index is 12.9. The van der Waals surface area contributed by atoms with E-state index in [0.29, 0.717) is 38.3 Å². The molecule has 0 amide bonds. The number of nitrogens with one attached hydrogen (secondary N) is 1. The van der Waals surface area contributed by atoms with Crippen molar-refractivity contribution in [2.45, 2.75) is 25.3 Å². The molecule has 0 saturated heterocycles. The summed E-state index contributed by atoms with van der Waals surface area (Å²) in [5.41, 5.74) is 1.40. The van der Waals surface area contributed by atoms with Crippen molar-refractivity contribution in [3.8, 4) is 27.9 Å². The van der Waals surface area contributed by atoms with Gasteiger partial charge in [-0.1, -0.05) is 5.16 Å². The van der Waals surface area contributed by atoms with Gasteiger partial charge in [-0.05, 0) is 37.6 Å². The second-order valence-corrected chi connectivity index (χ2v) is 9.21. The van der Waals surface area contributed by atoms with Crippen LogP contribution in [0.25, 0.3) is 10.6 Å². The Hall–Kier alpha value is -2.56. The Kier molecular flexibility index (Phi) is 6.15. The minimum atomic E-state index is -3.74. The van der Waals surface area contributed by atoms with Crippen molar-refractivity contribution in [2.75, 3.05) is 21.3 Å². The number of thiophene rings is 1. The van der Waals surface area contributed by atoms with Crippen LogP contribution in [0.4, 0.5) is 0 Å². The van der Waals surface area contributed by atoms with Crippen molar-refractivity contribution in [3.63, 3.8) is 0 Å². The van der Waals surface area contributed by atoms with E-state index in [2.05, 4.69) is 9.88 Å². The maximum atomic E-state index is 12.9. The monoisotopic (exact) mass is 438 g/mol. The number of hydrogen-bond donors (Lipinski definition) is 1. The van der Waals surface area contributed by atoms with Crippen molar-refractivity contribution in [1.29, 1.82) is 0 Å². The zero-order valence-electron chi connectivity index (χ0n) is 16.7. The molecule has 0 unspecified atom stereocenters. The van der Waals surface area contributed by atoms with E-state index in [1.54, 1.807) is 31.2 Å². The molecule has 29 heavy (non-hydrogen) atoms. The predicted octanol–water partition coefficient (Wildman–Crippen LogP) is 3.52. The lowest BCUT2D eigenvalue weighted by molar-refractivity contribution is 0.323. The Morgan fingerprint density at radius 3 is 2.21 bits per heavy atom. The third kappa shape index (κ3) is 4.39. The number of rotatable bonds is 8. The molecule has 0 atom stereocenters. The van der Waals surface area contributed by atoms with Gasteiger partial charge in [0.25, 0.3) is 0 Å². The molecule has 3 rings (SSSR count). The van der Waals surface area contributed by atoms with Gasteiger partial charge in [0.05, 0.1) is 36.8 Å². The van der Waals surface area contributed by atoms with Crippen molar-refractivity contribution in [2.24, 2.45) is 0 Å². The van der Waals surface area contributed by atoms with Crippen LogP contribution in [0, 0.1) is 13.8 Å². The van der Waals surface area contributed by atoms with Crippen LogP contribution in [0.5, 0.6) is 17.2 Å². The SMILES string of the molecule is COc1cc(CNS(=O)(=O)c2cc(-c3cc(C)no3)sc2C)cc(OC)c1OC. The predicted molar refractivity (Wildman–Crippen MR) is 109 cm³/mol. The van der Waals surface area contributed by atoms with Crippen LogP contribution in [0.1, 0.15) is 16.1 Å². The molecule has 0 aliphatic heterocycles. The zero-order valence-corrected chi connectivity index (χ0v) is 18.4. The lowest BCUT2D eigenvalue weighted by Gasteiger charge is -2.14. The summed E-state index contributed by atoms with van der Waals surface area (Å²) in [6.45, 7) is 3.63. The Labute approximate surface area is 173 Å². The van der Waals surface area contributed by atoms with Crippen molar-refractivity contribution >= 4 is 21.4 Å². The van der Waals surface area contributed by atoms with Crippen molar-refractivity contribution in [1.82, 2.24) is 9.88 Å². The molecule has 0 spiro atoms. The van der Waals surface area contributed by atoms with E-state index in [1.165, 1.54) is 32.7 Å². The molecule has 8 nitrogen and oxygen atoms in total. The number of nitrogens with zero attached hydrogens (tertiary/aromatic N) is 1. The fourth-order valence-electron chi connectivity index (χ4n) is 2.83. The highest BCUT2D eigenvalue weighted by Crippen LogP contribution is 2.38. The first-order valence-electron chi connectivity index (χ1n) is 8.61. The lowest BCUT2D eigenvalue weighted by Crippen LogP contribution is -2.23. The fourth-order valence-corrected chi connectivity index (χ4v) is 5.38. The smallest absolute Gasteiger partial charge is 0.241 e. The van der Waals surface area contributed by atoms with Crippen LogP contribution in [0.15, 0.2) is 33.7 Å². The molecule has 0 bridgehead atoms. The average molecular weight is 439 g/mol. The van der Waals surface area contributed by atoms with E-state index >= 15 is 0 Å². The van der Waals surface area contributed by atoms with Crippen LogP contribution >= 0.6 is 11.3 Å². The Morgan fingerprint density at radius 2 is 1.69 bits per heavy atom. The minimum absolute atomic E-state index is 0.0606. The molecule has 10 heteroatoms. The zero-order chi connectivity index (χ0) is 21.2. The molecule has 0 fully saturated rings. The quantitative estimate of drug-likeness (QED) is 0.574. The molecular formula is C19H22N2O6S2. The summed E-state index contributed by atoms with van der Waals surface area (Å²) >= 11 is 1.34. The fraction of sp³-hybridized carbons (Fsp3) is 0.316. The summed E-state index contributed by atoms with van der Waals surface area (Å²) in [5.74, 6) is 1.90. The summed E-state index contributed by atoms with van der Waals surface area (Å²) in [6.07, 6.45) is 0. The number of hydrogen-bond acceptors (Lipinski definition) is 8. The Morgan fingerprint density at radius 1 is 1.03 bits per heavy atom. The van der Waals surface area contributed by atoms with E-state index < -0.39 is 10.0 Å². The third-order valence-electron chi connectivity index (χ3n) is 4.22. The molecule has 2 heterocycles. The molecular weight excluding hydrogens is 416 g/mol. The van der Waals surface area contributed by atoms with E-state index in [1.807, 2.05) is 6.92 Å². The van der Waals surface area contributed by atoms with E-state index in [-0.39, 0.29) is 11.4 Å². The molecule has 1 aromatic carbocycles. The van der Waals surface area contributed by atoms with Gasteiger partial charge in [0.15, 0.2) is 17.3 Å². The van der Waals surface area contributed by atoms with Gasteiger partial charge in [0.2, 0.25) is 15.8 Å². The highest BCUT2D eigenvalue weighted by molar-refractivity contribution is 7.89. The van der Waals surface area contributed by atoms with E-state index in [4.69, 9.17) is 18.7 Å². The molecule has 0 aliphatic rings. The highest BCUT2D eigenvalue weighted by Gasteiger charge is 2.22. The summed E-state index contributed by atoms with van der Waals surface area (Å²) in [7, 11) is 0.784. The standard InChI is InChI=1S/C19H22N2O6S2/c1-11-6-14(27-21-11)17-9-18(12(2)28-17)29(22,23)20-10-13-7-15(24-3)19(26-5)16(8-13)25-4/h6-9,20H,10H2,1-5H3. The Balaban J connectivity index is 1.85. The molecule has 156 valence electrons. The minimum Gasteiger partial charge on any atom is -0.493 e. The molecule has 1 N–H and O–H groups in total. The number of sulfonamides is 1. The molecule has 0 radical (unpaired) electrons. The third-order valence-corrected chi connectivity index (χ3v) is 6.95. The van der Waals surface area contributed by atoms with Gasteiger partial charge >= 0.3 is 0 Å². The molecule has 2 aromatic heterocycles. The number of methoxy groups -OCH3 is 3. The van der Waals surface area contributed by atoms with Crippen LogP contribution in [0.3, 0.4) is 0 Å². The molecule has 0 aliphatic carbocycles. The van der Waals surface area contributed by atoms with Crippen LogP contribution in [0.2, 0.25) is 0 Å². The van der Waals surface area contributed by atoms with Gasteiger partial charge in [-0.25, -0.2) is 13.1 Å². The highest BCUT2D eigenvalue weighted by atomic mass is 32.2. The lowest BCUT2D eigenvalue weighted by atomic mass is 10.2. The Bertz CT molecular complexity index is 1090. The normalized spacial score (nSPS) is 11.5. The van der Waals surface area contributed by atoms with Gasteiger partial charge in [0, 0.05) is 17.5 Å². The first kappa shape index (κ1) is 21.2. The van der Waals surface area contributed by atoms with Gasteiger partial charge in [-0.2, -0.15) is 0 Å². The molecule has 3 aromatic rings. The number of benzene rings is 1. The number of aromatic nitrogens is 1. The summed E-state index contributed by atoms with van der Waals surface area (Å²) < 4.78 is 49.5.